The van der Waals surface area contributed by atoms with Crippen LogP contribution in [0.1, 0.15) is 35.4 Å². The topological polar surface area (TPSA) is 62.7 Å². The van der Waals surface area contributed by atoms with E-state index in [1.54, 1.807) is 0 Å². The van der Waals surface area contributed by atoms with Crippen LogP contribution in [0.15, 0.2) is 48.5 Å². The molecule has 2 heterocycles. The van der Waals surface area contributed by atoms with Crippen LogP contribution in [0.4, 0.5) is 13.2 Å². The van der Waals surface area contributed by atoms with E-state index in [1.165, 1.54) is 43.1 Å². The lowest BCUT2D eigenvalue weighted by Gasteiger charge is -2.22. The van der Waals surface area contributed by atoms with Gasteiger partial charge in [-0.3, -0.25) is 4.90 Å². The van der Waals surface area contributed by atoms with Crippen LogP contribution in [0, 0.1) is 0 Å². The predicted octanol–water partition coefficient (Wildman–Crippen LogP) is 5.67. The summed E-state index contributed by atoms with van der Waals surface area (Å²) in [6, 6.07) is 12.8. The lowest BCUT2D eigenvalue weighted by Crippen LogP contribution is -2.37. The molecule has 0 fully saturated rings. The molecule has 1 aliphatic rings. The number of aliphatic carboxylic acids is 1. The number of carbonyl (C=O) groups is 1. The largest absolute Gasteiger partial charge is 0.478 e. The number of carboxylic acids is 1. The Morgan fingerprint density at radius 3 is 2.38 bits per heavy atom. The number of rotatable bonds is 6. The van der Waals surface area contributed by atoms with Crippen LogP contribution in [0.2, 0.25) is 0 Å². The van der Waals surface area contributed by atoms with E-state index in [-0.39, 0.29) is 0 Å². The fraction of sp³-hybridized carbons (Fsp3) is 0.360. The quantitative estimate of drug-likeness (QED) is 0.482. The van der Waals surface area contributed by atoms with Crippen LogP contribution in [0.5, 0.6) is 5.75 Å². The molecule has 9 heteroatoms. The molecule has 34 heavy (non-hydrogen) atoms. The molecule has 2 aromatic carbocycles. The summed E-state index contributed by atoms with van der Waals surface area (Å²) in [5.41, 5.74) is 1.73. The number of nitrogens with zero attached hydrogens (tertiary/aromatic N) is 2. The molecule has 0 aliphatic carbocycles. The Balaban J connectivity index is 1.39. The van der Waals surface area contributed by atoms with Gasteiger partial charge in [0, 0.05) is 30.1 Å². The second kappa shape index (κ2) is 9.38. The van der Waals surface area contributed by atoms with E-state index in [1.807, 2.05) is 24.3 Å². The number of hydrogen-bond acceptors (Lipinski definition) is 5. The van der Waals surface area contributed by atoms with Gasteiger partial charge in [-0.15, -0.1) is 0 Å². The second-order valence-corrected chi connectivity index (χ2v) is 9.77. The van der Waals surface area contributed by atoms with Crippen LogP contribution < -0.4 is 4.74 Å². The Kier molecular flexibility index (Phi) is 6.69. The molecule has 1 N–H and O–H groups in total. The summed E-state index contributed by atoms with van der Waals surface area (Å²) in [4.78, 5) is 14.7. The van der Waals surface area contributed by atoms with Gasteiger partial charge in [0.2, 0.25) is 0 Å². The standard InChI is InChI=1S/C25H25F3N2O3S/c1-24(2,23(31)32)33-20-8-5-16-9-11-30(12-10-18(16)13-20)15-21-14-22(29-34-21)17-3-6-19(7-4-17)25(26,27)28/h3-8,13-14H,9-12,15H2,1-2H3,(H,31,32). The third-order valence-corrected chi connectivity index (χ3v) is 6.68. The monoisotopic (exact) mass is 490 g/mol. The third kappa shape index (κ3) is 5.59. The van der Waals surface area contributed by atoms with Gasteiger partial charge in [0.25, 0.3) is 0 Å². The highest BCUT2D eigenvalue weighted by Crippen LogP contribution is 2.32. The van der Waals surface area contributed by atoms with Crippen molar-refractivity contribution in [3.8, 4) is 17.0 Å². The maximum absolute atomic E-state index is 12.8. The van der Waals surface area contributed by atoms with Crippen molar-refractivity contribution < 1.29 is 27.8 Å². The van der Waals surface area contributed by atoms with Gasteiger partial charge >= 0.3 is 12.1 Å². The normalized spacial score (nSPS) is 15.0. The number of ether oxygens (including phenoxy) is 1. The van der Waals surface area contributed by atoms with E-state index in [0.29, 0.717) is 23.6 Å². The molecular formula is C25H25F3N2O3S. The maximum Gasteiger partial charge on any atom is 0.416 e. The molecule has 0 unspecified atom stereocenters. The first-order valence-electron chi connectivity index (χ1n) is 10.9. The van der Waals surface area contributed by atoms with Gasteiger partial charge in [0.15, 0.2) is 5.60 Å². The van der Waals surface area contributed by atoms with Crippen molar-refractivity contribution in [2.24, 2.45) is 0 Å². The molecule has 5 nitrogen and oxygen atoms in total. The average Bonchev–Trinajstić information content (AvgIpc) is 3.15. The lowest BCUT2D eigenvalue weighted by molar-refractivity contribution is -0.152. The van der Waals surface area contributed by atoms with E-state index in [4.69, 9.17) is 4.74 Å². The van der Waals surface area contributed by atoms with Crippen LogP contribution in [0.25, 0.3) is 11.3 Å². The number of alkyl halides is 3. The highest BCUT2D eigenvalue weighted by Gasteiger charge is 2.30. The number of fused-ring (bicyclic) bond motifs is 1. The van der Waals surface area contributed by atoms with Crippen LogP contribution in [0.3, 0.4) is 0 Å². The smallest absolute Gasteiger partial charge is 0.416 e. The molecule has 0 saturated carbocycles. The van der Waals surface area contributed by atoms with E-state index in [9.17, 15) is 23.1 Å². The summed E-state index contributed by atoms with van der Waals surface area (Å²) < 4.78 is 48.5. The van der Waals surface area contributed by atoms with Crippen molar-refractivity contribution in [3.63, 3.8) is 0 Å². The Morgan fingerprint density at radius 1 is 1.06 bits per heavy atom. The minimum Gasteiger partial charge on any atom is -0.478 e. The average molecular weight is 491 g/mol. The SMILES string of the molecule is CC(C)(Oc1ccc2c(c1)CCN(Cc1cc(-c3ccc(C(F)(F)F)cc3)ns1)CC2)C(=O)O. The minimum atomic E-state index is -4.35. The first-order valence-corrected chi connectivity index (χ1v) is 11.7. The van der Waals surface area contributed by atoms with Crippen molar-refractivity contribution in [1.29, 1.82) is 0 Å². The van der Waals surface area contributed by atoms with E-state index in [2.05, 4.69) is 9.27 Å². The number of carboxylic acid groups (broad SMARTS) is 1. The van der Waals surface area contributed by atoms with E-state index >= 15 is 0 Å². The zero-order chi connectivity index (χ0) is 24.5. The van der Waals surface area contributed by atoms with Crippen molar-refractivity contribution in [2.75, 3.05) is 13.1 Å². The number of hydrogen-bond donors (Lipinski definition) is 1. The summed E-state index contributed by atoms with van der Waals surface area (Å²) in [5, 5.41) is 9.30. The van der Waals surface area contributed by atoms with Crippen molar-refractivity contribution in [2.45, 2.75) is 45.0 Å². The Hall–Kier alpha value is -2.91. The van der Waals surface area contributed by atoms with Crippen LogP contribution >= 0.6 is 11.5 Å². The Labute approximate surface area is 200 Å². The minimum absolute atomic E-state index is 0.545. The highest BCUT2D eigenvalue weighted by atomic mass is 32.1. The van der Waals surface area contributed by atoms with Gasteiger partial charge in [-0.05, 0) is 79.7 Å². The van der Waals surface area contributed by atoms with Gasteiger partial charge in [-0.1, -0.05) is 18.2 Å². The molecule has 1 aliphatic heterocycles. The van der Waals surface area contributed by atoms with Crippen molar-refractivity contribution >= 4 is 17.5 Å². The van der Waals surface area contributed by atoms with Crippen LogP contribution in [-0.2, 0) is 30.4 Å². The predicted molar refractivity (Wildman–Crippen MR) is 124 cm³/mol. The molecule has 0 spiro atoms. The summed E-state index contributed by atoms with van der Waals surface area (Å²) in [7, 11) is 0. The highest BCUT2D eigenvalue weighted by molar-refractivity contribution is 7.06. The summed E-state index contributed by atoms with van der Waals surface area (Å²) in [6.45, 7) is 5.45. The number of benzene rings is 2. The maximum atomic E-state index is 12.8. The number of aromatic nitrogens is 1. The Bertz CT molecular complexity index is 1170. The fourth-order valence-corrected chi connectivity index (χ4v) is 4.66. The van der Waals surface area contributed by atoms with Gasteiger partial charge in [0.05, 0.1) is 11.3 Å². The fourth-order valence-electron chi connectivity index (χ4n) is 3.88. The first kappa shape index (κ1) is 24.2. The third-order valence-electron chi connectivity index (χ3n) is 5.91. The molecule has 4 rings (SSSR count). The number of halogens is 3. The van der Waals surface area contributed by atoms with Crippen LogP contribution in [-0.4, -0.2) is 39.0 Å². The molecule has 0 saturated heterocycles. The molecule has 0 bridgehead atoms. The molecule has 3 aromatic rings. The lowest BCUT2D eigenvalue weighted by atomic mass is 10.0. The first-order chi connectivity index (χ1) is 16.0. The molecule has 180 valence electrons. The summed E-state index contributed by atoms with van der Waals surface area (Å²) in [5.74, 6) is -0.475. The second-order valence-electron chi connectivity index (χ2n) is 8.88. The zero-order valence-corrected chi connectivity index (χ0v) is 19.7. The zero-order valence-electron chi connectivity index (χ0n) is 18.9. The molecular weight excluding hydrogens is 465 g/mol. The van der Waals surface area contributed by atoms with E-state index in [0.717, 1.165) is 48.5 Å². The Morgan fingerprint density at radius 2 is 1.74 bits per heavy atom. The van der Waals surface area contributed by atoms with Gasteiger partial charge in [-0.25, -0.2) is 4.79 Å². The molecule has 0 atom stereocenters. The molecule has 1 aromatic heterocycles. The van der Waals surface area contributed by atoms with Crippen molar-refractivity contribution in [1.82, 2.24) is 9.27 Å². The van der Waals surface area contributed by atoms with Crippen molar-refractivity contribution in [3.05, 3.63) is 70.1 Å². The van der Waals surface area contributed by atoms with Gasteiger partial charge < -0.3 is 9.84 Å². The summed E-state index contributed by atoms with van der Waals surface area (Å²) in [6.07, 6.45) is -2.68. The van der Waals surface area contributed by atoms with Gasteiger partial charge in [0.1, 0.15) is 5.75 Å². The van der Waals surface area contributed by atoms with Gasteiger partial charge in [-0.2, -0.15) is 17.5 Å². The molecule has 0 radical (unpaired) electrons. The van der Waals surface area contributed by atoms with E-state index < -0.39 is 23.3 Å². The molecule has 0 amide bonds. The summed E-state index contributed by atoms with van der Waals surface area (Å²) >= 11 is 1.36.